The Balaban J connectivity index is 2.16. The molecule has 0 aromatic heterocycles. The van der Waals surface area contributed by atoms with E-state index in [4.69, 9.17) is 4.74 Å². The van der Waals surface area contributed by atoms with E-state index in [0.717, 1.165) is 12.1 Å². The van der Waals surface area contributed by atoms with Gasteiger partial charge in [-0.3, -0.25) is 0 Å². The summed E-state index contributed by atoms with van der Waals surface area (Å²) in [6.45, 7) is 0.527. The van der Waals surface area contributed by atoms with Gasteiger partial charge in [-0.05, 0) is 25.1 Å². The zero-order chi connectivity index (χ0) is 15.5. The van der Waals surface area contributed by atoms with Gasteiger partial charge >= 0.3 is 5.92 Å². The third-order valence-electron chi connectivity index (χ3n) is 3.03. The first-order valence-electron chi connectivity index (χ1n) is 6.44. The van der Waals surface area contributed by atoms with Gasteiger partial charge in [0.1, 0.15) is 11.6 Å². The van der Waals surface area contributed by atoms with Crippen molar-refractivity contribution in [2.45, 2.75) is 19.0 Å². The Morgan fingerprint density at radius 1 is 1.14 bits per heavy atom. The highest BCUT2D eigenvalue weighted by Gasteiger charge is 2.32. The van der Waals surface area contributed by atoms with Gasteiger partial charge in [-0.2, -0.15) is 8.78 Å². The van der Waals surface area contributed by atoms with Crippen LogP contribution < -0.4 is 4.74 Å². The van der Waals surface area contributed by atoms with Crippen LogP contribution in [0.3, 0.4) is 0 Å². The maximum absolute atomic E-state index is 14.0. The molecule has 0 radical (unpaired) electrons. The molecule has 0 bridgehead atoms. The second-order valence-corrected chi connectivity index (χ2v) is 4.72. The minimum absolute atomic E-state index is 0.0435. The van der Waals surface area contributed by atoms with Gasteiger partial charge in [-0.25, -0.2) is 4.39 Å². The molecule has 0 aliphatic rings. The number of hydrogen-bond acceptors (Lipinski definition) is 2. The van der Waals surface area contributed by atoms with Crippen LogP contribution in [0.4, 0.5) is 13.2 Å². The van der Waals surface area contributed by atoms with E-state index in [1.54, 1.807) is 6.07 Å². The molecule has 1 N–H and O–H groups in total. The summed E-state index contributed by atoms with van der Waals surface area (Å²) >= 11 is 0. The highest BCUT2D eigenvalue weighted by atomic mass is 19.3. The lowest BCUT2D eigenvalue weighted by atomic mass is 10.1. The Morgan fingerprint density at radius 2 is 1.81 bits per heavy atom. The van der Waals surface area contributed by atoms with Crippen LogP contribution in [0.2, 0.25) is 0 Å². The minimum Gasteiger partial charge on any atom is -0.487 e. The first-order valence-corrected chi connectivity index (χ1v) is 6.44. The quantitative estimate of drug-likeness (QED) is 0.902. The van der Waals surface area contributed by atoms with E-state index < -0.39 is 24.5 Å². The van der Waals surface area contributed by atoms with Gasteiger partial charge in [0.25, 0.3) is 0 Å². The first kappa shape index (κ1) is 15.4. The summed E-state index contributed by atoms with van der Waals surface area (Å²) in [6, 6.07) is 10.7. The molecule has 0 fully saturated rings. The molecule has 0 amide bonds. The van der Waals surface area contributed by atoms with Crippen LogP contribution in [0.25, 0.3) is 0 Å². The van der Waals surface area contributed by atoms with E-state index in [-0.39, 0.29) is 16.9 Å². The molecule has 2 nitrogen and oxygen atoms in total. The summed E-state index contributed by atoms with van der Waals surface area (Å²) in [7, 11) is 0. The van der Waals surface area contributed by atoms with E-state index in [9.17, 15) is 18.3 Å². The third-order valence-corrected chi connectivity index (χ3v) is 3.03. The SMILES string of the molecule is CC(O)c1cc(F)ccc1OCC(F)(F)c1ccccc1. The molecule has 1 atom stereocenters. The van der Waals surface area contributed by atoms with Crippen molar-refractivity contribution in [1.82, 2.24) is 0 Å². The average Bonchev–Trinajstić information content (AvgIpc) is 2.47. The summed E-state index contributed by atoms with van der Waals surface area (Å²) in [5, 5.41) is 9.54. The van der Waals surface area contributed by atoms with E-state index >= 15 is 0 Å². The zero-order valence-corrected chi connectivity index (χ0v) is 11.4. The topological polar surface area (TPSA) is 29.5 Å². The van der Waals surface area contributed by atoms with Gasteiger partial charge in [0.15, 0.2) is 6.61 Å². The number of aliphatic hydroxyl groups excluding tert-OH is 1. The maximum Gasteiger partial charge on any atom is 0.306 e. The number of halogens is 3. The predicted molar refractivity (Wildman–Crippen MR) is 72.9 cm³/mol. The summed E-state index contributed by atoms with van der Waals surface area (Å²) in [4.78, 5) is 0. The van der Waals surface area contributed by atoms with Crippen LogP contribution >= 0.6 is 0 Å². The molecule has 0 heterocycles. The Hall–Kier alpha value is -2.01. The predicted octanol–water partition coefficient (Wildman–Crippen LogP) is 4.05. The lowest BCUT2D eigenvalue weighted by molar-refractivity contribution is -0.0473. The number of hydrogen-bond donors (Lipinski definition) is 1. The van der Waals surface area contributed by atoms with Crippen LogP contribution in [0, 0.1) is 5.82 Å². The highest BCUT2D eigenvalue weighted by molar-refractivity contribution is 5.35. The molecule has 0 saturated carbocycles. The first-order chi connectivity index (χ1) is 9.90. The molecule has 1 unspecified atom stereocenters. The molecule has 0 spiro atoms. The normalized spacial score (nSPS) is 13.0. The number of aliphatic hydroxyl groups is 1. The molecule has 0 saturated heterocycles. The van der Waals surface area contributed by atoms with E-state index in [1.165, 1.54) is 37.3 Å². The lowest BCUT2D eigenvalue weighted by Gasteiger charge is -2.19. The van der Waals surface area contributed by atoms with Crippen LogP contribution in [-0.2, 0) is 5.92 Å². The van der Waals surface area contributed by atoms with Gasteiger partial charge < -0.3 is 9.84 Å². The summed E-state index contributed by atoms with van der Waals surface area (Å²) < 4.78 is 46.2. The average molecular weight is 296 g/mol. The standard InChI is InChI=1S/C16H15F3O2/c1-11(20)14-9-13(17)7-8-15(14)21-10-16(18,19)12-5-3-2-4-6-12/h2-9,11,20H,10H2,1H3. The smallest absolute Gasteiger partial charge is 0.306 e. The molecule has 0 aliphatic carbocycles. The Labute approximate surface area is 120 Å². The minimum atomic E-state index is -3.17. The molecule has 5 heteroatoms. The van der Waals surface area contributed by atoms with Gasteiger partial charge in [0.2, 0.25) is 0 Å². The van der Waals surface area contributed by atoms with Crippen LogP contribution in [0.1, 0.15) is 24.2 Å². The van der Waals surface area contributed by atoms with Gasteiger partial charge in [-0.15, -0.1) is 0 Å². The second-order valence-electron chi connectivity index (χ2n) is 4.72. The van der Waals surface area contributed by atoms with Crippen molar-refractivity contribution in [3.8, 4) is 5.75 Å². The summed E-state index contributed by atoms with van der Waals surface area (Å²) in [6.07, 6.45) is -1.01. The molecule has 2 aromatic rings. The molecule has 112 valence electrons. The summed E-state index contributed by atoms with van der Waals surface area (Å²) in [5.41, 5.74) is -0.0235. The Morgan fingerprint density at radius 3 is 2.43 bits per heavy atom. The van der Waals surface area contributed by atoms with E-state index in [2.05, 4.69) is 0 Å². The Kier molecular flexibility index (Phi) is 4.53. The monoisotopic (exact) mass is 296 g/mol. The van der Waals surface area contributed by atoms with Crippen molar-refractivity contribution >= 4 is 0 Å². The van der Waals surface area contributed by atoms with Gasteiger partial charge in [-0.1, -0.05) is 30.3 Å². The van der Waals surface area contributed by atoms with Crippen LogP contribution in [0.5, 0.6) is 5.75 Å². The van der Waals surface area contributed by atoms with Crippen LogP contribution in [0.15, 0.2) is 48.5 Å². The molecule has 21 heavy (non-hydrogen) atoms. The van der Waals surface area contributed by atoms with Crippen LogP contribution in [-0.4, -0.2) is 11.7 Å². The molecule has 2 aromatic carbocycles. The molecule has 0 aliphatic heterocycles. The fraction of sp³-hybridized carbons (Fsp3) is 0.250. The summed E-state index contributed by atoms with van der Waals surface area (Å²) in [5.74, 6) is -3.69. The number of benzene rings is 2. The maximum atomic E-state index is 14.0. The largest absolute Gasteiger partial charge is 0.487 e. The van der Waals surface area contributed by atoms with E-state index in [0.29, 0.717) is 0 Å². The van der Waals surface area contributed by atoms with Crippen molar-refractivity contribution in [3.63, 3.8) is 0 Å². The molecular weight excluding hydrogens is 281 g/mol. The second kappa shape index (κ2) is 6.18. The van der Waals surface area contributed by atoms with Gasteiger partial charge in [0, 0.05) is 11.1 Å². The fourth-order valence-electron chi connectivity index (χ4n) is 1.91. The van der Waals surface area contributed by atoms with Crippen molar-refractivity contribution in [2.75, 3.05) is 6.61 Å². The zero-order valence-electron chi connectivity index (χ0n) is 11.4. The highest BCUT2D eigenvalue weighted by Crippen LogP contribution is 2.31. The van der Waals surface area contributed by atoms with Crippen molar-refractivity contribution in [1.29, 1.82) is 0 Å². The van der Waals surface area contributed by atoms with Crippen molar-refractivity contribution in [2.24, 2.45) is 0 Å². The van der Waals surface area contributed by atoms with Gasteiger partial charge in [0.05, 0.1) is 6.10 Å². The van der Waals surface area contributed by atoms with Crippen molar-refractivity contribution in [3.05, 3.63) is 65.5 Å². The lowest BCUT2D eigenvalue weighted by Crippen LogP contribution is -2.23. The third kappa shape index (κ3) is 3.76. The fourth-order valence-corrected chi connectivity index (χ4v) is 1.91. The number of alkyl halides is 2. The number of ether oxygens (including phenoxy) is 1. The molecule has 2 rings (SSSR count). The Bertz CT molecular complexity index is 598. The number of rotatable bonds is 5. The molecular formula is C16H15F3O2. The van der Waals surface area contributed by atoms with Crippen molar-refractivity contribution < 1.29 is 23.0 Å². The van der Waals surface area contributed by atoms with E-state index in [1.807, 2.05) is 0 Å².